The number of halogens is 2. The molecule has 0 spiro atoms. The van der Waals surface area contributed by atoms with Gasteiger partial charge in [-0.05, 0) is 35.9 Å². The van der Waals surface area contributed by atoms with E-state index in [2.05, 4.69) is 25.8 Å². The van der Waals surface area contributed by atoms with Crippen LogP contribution in [-0.2, 0) is 17.9 Å². The molecule has 0 saturated heterocycles. The number of nitrogens with zero attached hydrogens (tertiary/aromatic N) is 5. The quantitative estimate of drug-likeness (QED) is 0.163. The van der Waals surface area contributed by atoms with Crippen molar-refractivity contribution in [3.8, 4) is 22.1 Å². The summed E-state index contributed by atoms with van der Waals surface area (Å²) in [6.07, 6.45) is 0. The number of methoxy groups -OCH3 is 1. The Labute approximate surface area is 258 Å². The van der Waals surface area contributed by atoms with Gasteiger partial charge in [0.25, 0.3) is 5.56 Å². The van der Waals surface area contributed by atoms with Crippen LogP contribution >= 0.6 is 11.3 Å². The molecule has 234 valence electrons. The Hall–Kier alpha value is -5.03. The molecule has 13 nitrogen and oxygen atoms in total. The van der Waals surface area contributed by atoms with Crippen molar-refractivity contribution >= 4 is 33.3 Å². The summed E-state index contributed by atoms with van der Waals surface area (Å²) in [5.41, 5.74) is 1.49. The first-order valence-corrected chi connectivity index (χ1v) is 14.1. The molecule has 0 unspecified atom stereocenters. The third-order valence-corrected chi connectivity index (χ3v) is 7.96. The molecule has 5 rings (SSSR count). The van der Waals surface area contributed by atoms with Crippen LogP contribution in [0.15, 0.2) is 64.2 Å². The van der Waals surface area contributed by atoms with Crippen LogP contribution in [-0.4, -0.2) is 63.5 Å². The zero-order valence-corrected chi connectivity index (χ0v) is 25.3. The van der Waals surface area contributed by atoms with Gasteiger partial charge in [0.05, 0.1) is 40.2 Å². The second-order valence-electron chi connectivity index (χ2n) is 10.4. The summed E-state index contributed by atoms with van der Waals surface area (Å²) in [5.74, 6) is -1.75. The molecule has 0 aliphatic rings. The average molecular weight is 641 g/mol. The van der Waals surface area contributed by atoms with Crippen LogP contribution in [0.2, 0.25) is 0 Å². The normalized spacial score (nSPS) is 11.5. The van der Waals surface area contributed by atoms with Crippen LogP contribution in [0, 0.1) is 11.6 Å². The largest absolute Gasteiger partial charge is 0.480 e. The molecule has 0 radical (unpaired) electrons. The van der Waals surface area contributed by atoms with Gasteiger partial charge in [-0.2, -0.15) is 4.65 Å². The molecule has 3 heterocycles. The van der Waals surface area contributed by atoms with Gasteiger partial charge in [-0.25, -0.2) is 33.6 Å². The molecule has 2 aromatic carbocycles. The van der Waals surface area contributed by atoms with Crippen LogP contribution in [0.1, 0.15) is 11.1 Å². The maximum atomic E-state index is 14.9. The molecular weight excluding hydrogens is 612 g/mol. The highest BCUT2D eigenvalue weighted by atomic mass is 32.1. The number of aromatic nitrogens is 4. The Morgan fingerprint density at radius 1 is 1.00 bits per heavy atom. The summed E-state index contributed by atoms with van der Waals surface area (Å²) in [7, 11) is 5.69. The first kappa shape index (κ1) is 31.4. The molecule has 0 saturated carbocycles. The van der Waals surface area contributed by atoms with Gasteiger partial charge in [-0.3, -0.25) is 14.2 Å². The second-order valence-corrected chi connectivity index (χ2v) is 11.3. The number of fused-ring (bicyclic) bond motifs is 1. The number of thiophene rings is 1. The number of rotatable bonds is 9. The van der Waals surface area contributed by atoms with Crippen LogP contribution in [0.25, 0.3) is 26.5 Å². The lowest BCUT2D eigenvalue weighted by atomic mass is 10.1. The van der Waals surface area contributed by atoms with Gasteiger partial charge in [0, 0.05) is 27.8 Å². The maximum Gasteiger partial charge on any atom is 0.343 e. The zero-order valence-electron chi connectivity index (χ0n) is 24.5. The van der Waals surface area contributed by atoms with Crippen molar-refractivity contribution in [1.29, 1.82) is 0 Å². The number of ether oxygens (including phenoxy) is 1. The van der Waals surface area contributed by atoms with Gasteiger partial charge in [-0.1, -0.05) is 18.2 Å². The van der Waals surface area contributed by atoms with Crippen LogP contribution in [0.4, 0.5) is 19.3 Å². The van der Waals surface area contributed by atoms with Gasteiger partial charge in [0.15, 0.2) is 5.82 Å². The van der Waals surface area contributed by atoms with Crippen molar-refractivity contribution in [1.82, 2.24) is 24.8 Å². The van der Waals surface area contributed by atoms with Gasteiger partial charge < -0.3 is 10.1 Å². The Balaban J connectivity index is 1.81. The number of carbonyl (C=O) groups excluding carboxylic acids is 1. The molecule has 0 bridgehead atoms. The summed E-state index contributed by atoms with van der Waals surface area (Å²) in [4.78, 5) is 45.3. The number of hydrogen-bond acceptors (Lipinski definition) is 9. The Morgan fingerprint density at radius 3 is 2.27 bits per heavy atom. The van der Waals surface area contributed by atoms with Crippen molar-refractivity contribution in [2.75, 3.05) is 33.6 Å². The fourth-order valence-electron chi connectivity index (χ4n) is 4.72. The van der Waals surface area contributed by atoms with Crippen LogP contribution in [0.3, 0.4) is 0 Å². The molecule has 5 aromatic rings. The number of amides is 2. The van der Waals surface area contributed by atoms with Gasteiger partial charge >= 0.3 is 11.7 Å². The van der Waals surface area contributed by atoms with E-state index in [-0.39, 0.29) is 34.0 Å². The highest BCUT2D eigenvalue weighted by molar-refractivity contribution is 7.22. The van der Waals surface area contributed by atoms with Crippen molar-refractivity contribution in [2.45, 2.75) is 13.1 Å². The van der Waals surface area contributed by atoms with E-state index < -0.39 is 40.1 Å². The highest BCUT2D eigenvalue weighted by Crippen LogP contribution is 2.39. The molecule has 0 aliphatic heterocycles. The molecule has 45 heavy (non-hydrogen) atoms. The minimum Gasteiger partial charge on any atom is -0.480 e. The van der Waals surface area contributed by atoms with Crippen LogP contribution in [0.5, 0.6) is 5.88 Å². The van der Waals surface area contributed by atoms with E-state index in [9.17, 15) is 28.4 Å². The average Bonchev–Trinajstić information content (AvgIpc) is 3.35. The van der Waals surface area contributed by atoms with Crippen molar-refractivity contribution in [3.05, 3.63) is 98.2 Å². The number of carbonyl (C=O) groups is 1. The Kier molecular flexibility index (Phi) is 8.74. The summed E-state index contributed by atoms with van der Waals surface area (Å²) in [6.45, 7) is -0.632. The molecule has 0 aliphatic carbocycles. The smallest absolute Gasteiger partial charge is 0.343 e. The molecular formula is C29H28F2N7O6S+. The first-order valence-electron chi connectivity index (χ1n) is 13.3. The number of nitrogens with one attached hydrogen (secondary N) is 2. The standard InChI is InChI=1S/C29H27F2N7O6S/c1-38(2,42)15-19-24-26(39)37(22-12-13-23(43-3)34-33-22)29(41)36(14-18-20(30)6-5-7-21(18)31)27(24)45-25(19)16-8-10-17(11-9-16)32-28(40)35-44-4/h5-13,42H,14-15H2,1-4H3,(H-,32,35,40)/p+1. The lowest BCUT2D eigenvalue weighted by molar-refractivity contribution is -1.08. The molecule has 0 fully saturated rings. The maximum absolute atomic E-state index is 14.9. The number of urea groups is 1. The highest BCUT2D eigenvalue weighted by Gasteiger charge is 2.29. The molecule has 16 heteroatoms. The summed E-state index contributed by atoms with van der Waals surface area (Å²) in [5, 5.41) is 21.3. The van der Waals surface area contributed by atoms with E-state index in [0.29, 0.717) is 21.7 Å². The van der Waals surface area contributed by atoms with E-state index in [1.165, 1.54) is 46.5 Å². The third kappa shape index (κ3) is 6.44. The lowest BCUT2D eigenvalue weighted by Gasteiger charge is -2.20. The minimum absolute atomic E-state index is 0.0471. The number of hydroxylamine groups is 4. The van der Waals surface area contributed by atoms with E-state index in [1.54, 1.807) is 24.3 Å². The van der Waals surface area contributed by atoms with E-state index in [4.69, 9.17) is 4.74 Å². The molecule has 0 atom stereocenters. The minimum atomic E-state index is -0.907. The molecule has 2 amide bonds. The predicted molar refractivity (Wildman–Crippen MR) is 161 cm³/mol. The van der Waals surface area contributed by atoms with E-state index in [0.717, 1.165) is 32.6 Å². The monoisotopic (exact) mass is 640 g/mol. The fraction of sp³-hybridized carbons (Fsp3) is 0.207. The van der Waals surface area contributed by atoms with E-state index in [1.807, 2.05) is 0 Å². The SMILES string of the molecule is CONC(=O)Nc1ccc(-c2sc3c(c2C[N+](C)(C)O)c(=O)n(-c2ccc(OC)nn2)c(=O)n3Cc2c(F)cccc2F)cc1. The van der Waals surface area contributed by atoms with Gasteiger partial charge in [-0.15, -0.1) is 21.5 Å². The lowest BCUT2D eigenvalue weighted by Crippen LogP contribution is -2.40. The summed E-state index contributed by atoms with van der Waals surface area (Å²) >= 11 is 1.05. The van der Waals surface area contributed by atoms with Gasteiger partial charge in [0.2, 0.25) is 5.88 Å². The van der Waals surface area contributed by atoms with Crippen molar-refractivity contribution in [2.24, 2.45) is 0 Å². The fourth-order valence-corrected chi connectivity index (χ4v) is 6.02. The Morgan fingerprint density at radius 2 is 1.69 bits per heavy atom. The van der Waals surface area contributed by atoms with Crippen LogP contribution < -0.4 is 26.8 Å². The van der Waals surface area contributed by atoms with Crippen molar-refractivity contribution < 1.29 is 33.0 Å². The van der Waals surface area contributed by atoms with E-state index >= 15 is 0 Å². The molecule has 3 aromatic heterocycles. The van der Waals surface area contributed by atoms with Crippen molar-refractivity contribution in [3.63, 3.8) is 0 Å². The third-order valence-electron chi connectivity index (χ3n) is 6.66. The summed E-state index contributed by atoms with van der Waals surface area (Å²) in [6, 6.07) is 12.1. The predicted octanol–water partition coefficient (Wildman–Crippen LogP) is 3.65. The topological polar surface area (TPSA) is 150 Å². The first-order chi connectivity index (χ1) is 21.4. The Bertz CT molecular complexity index is 1980. The number of anilines is 1. The number of hydrogen-bond donors (Lipinski definition) is 3. The molecule has 3 N–H and O–H groups in total. The second kappa shape index (κ2) is 12.5. The summed E-state index contributed by atoms with van der Waals surface area (Å²) < 4.78 is 36.1. The van der Waals surface area contributed by atoms with Gasteiger partial charge in [0.1, 0.15) is 23.0 Å². The zero-order chi connectivity index (χ0) is 32.5. The number of quaternary nitrogens is 1. The number of benzene rings is 2.